The fourth-order valence-electron chi connectivity index (χ4n) is 8.43. The van der Waals surface area contributed by atoms with Gasteiger partial charge in [0.15, 0.2) is 0 Å². The van der Waals surface area contributed by atoms with Gasteiger partial charge >= 0.3 is 0 Å². The average molecular weight is 1390 g/mol. The molecule has 0 N–H and O–H groups in total. The third-order valence-corrected chi connectivity index (χ3v) is 12.2. The first-order valence-electron chi connectivity index (χ1n) is 38.1. The number of hydrogen-bond acceptors (Lipinski definition) is 5. The van der Waals surface area contributed by atoms with Crippen molar-refractivity contribution in [3.05, 3.63) is 182 Å². The number of aromatic nitrogens is 15. The summed E-state index contributed by atoms with van der Waals surface area (Å²) in [5.41, 5.74) is 11.8. The standard InChI is InChI=1S/C12H15N2.3C11H14N3.C10H13N4.15C2H6/c1-10-6-4-5-7-11(10)12-13(2)8-9-14(12)3;1-9-8-12-5-4-10(9)11-13(2)6-7-14(11)3;1-9-4-5-12-8-10(9)11-13(2)6-7-14(11)3;1-9-10(5-4-6-12-9)11-13(2)7-8-14(11)3;1-8-9(6-11-7-12-8)10-13(2)4-5-14(10)3;15*1-2/h4-9H,1-3H3;3*4-8H,1-3H3;4-7H,1-3H3;15*1-2H3/q5*+1;;;;;;;;;;;;;;;. The summed E-state index contributed by atoms with van der Waals surface area (Å²) >= 11 is 0. The van der Waals surface area contributed by atoms with Crippen LogP contribution in [0.15, 0.2) is 154 Å². The molecule has 0 aliphatic heterocycles. The summed E-state index contributed by atoms with van der Waals surface area (Å²) in [5.74, 6) is 5.90. The lowest BCUT2D eigenvalue weighted by Crippen LogP contribution is -2.29. The van der Waals surface area contributed by atoms with E-state index in [0.29, 0.717) is 0 Å². The lowest BCUT2D eigenvalue weighted by Gasteiger charge is -2.02. The molecule has 0 spiro atoms. The van der Waals surface area contributed by atoms with Gasteiger partial charge < -0.3 is 0 Å². The van der Waals surface area contributed by atoms with Crippen molar-refractivity contribution >= 4 is 0 Å². The number of hydrogen-bond donors (Lipinski definition) is 0. The third kappa shape index (κ3) is 40.8. The maximum atomic E-state index is 4.29. The fraction of sp³-hybridized carbons (Fsp3) is 0.529. The Morgan fingerprint density at radius 3 is 0.830 bits per heavy atom. The van der Waals surface area contributed by atoms with Crippen LogP contribution in [-0.4, -0.2) is 47.8 Å². The highest BCUT2D eigenvalue weighted by Gasteiger charge is 2.20. The molecule has 570 valence electrons. The van der Waals surface area contributed by atoms with Gasteiger partial charge in [0.05, 0.1) is 104 Å². The quantitative estimate of drug-likeness (QED) is 0.160. The lowest BCUT2D eigenvalue weighted by molar-refractivity contribution is -0.659. The molecule has 10 rings (SSSR count). The Morgan fingerprint density at radius 1 is 0.250 bits per heavy atom. The predicted molar refractivity (Wildman–Crippen MR) is 443 cm³/mol. The van der Waals surface area contributed by atoms with Crippen molar-refractivity contribution in [3.63, 3.8) is 0 Å². The van der Waals surface area contributed by atoms with Crippen molar-refractivity contribution in [2.24, 2.45) is 70.5 Å². The van der Waals surface area contributed by atoms with E-state index in [1.807, 2.05) is 356 Å². The normalized spacial score (nSPS) is 8.25. The monoisotopic (exact) mass is 1390 g/mol. The van der Waals surface area contributed by atoms with Gasteiger partial charge in [0.2, 0.25) is 0 Å². The summed E-state index contributed by atoms with van der Waals surface area (Å²) in [6, 6.07) is 16.6. The molecule has 0 fully saturated rings. The second-order valence-electron chi connectivity index (χ2n) is 17.6. The van der Waals surface area contributed by atoms with Crippen LogP contribution >= 0.6 is 0 Å². The van der Waals surface area contributed by atoms with E-state index in [2.05, 4.69) is 175 Å². The number of nitrogens with zero attached hydrogens (tertiary/aromatic N) is 15. The minimum Gasteiger partial charge on any atom is -0.264 e. The van der Waals surface area contributed by atoms with Crippen molar-refractivity contribution in [1.29, 1.82) is 0 Å². The number of aryl methyl sites for hydroxylation is 15. The van der Waals surface area contributed by atoms with Crippen molar-refractivity contribution < 1.29 is 22.8 Å². The number of benzene rings is 1. The Hall–Kier alpha value is -8.20. The van der Waals surface area contributed by atoms with E-state index in [-0.39, 0.29) is 0 Å². The van der Waals surface area contributed by atoms with Crippen LogP contribution in [0.25, 0.3) is 56.9 Å². The first-order chi connectivity index (χ1) is 48.5. The van der Waals surface area contributed by atoms with E-state index in [1.165, 1.54) is 62.2 Å². The average Bonchev–Trinajstić information content (AvgIpc) is 1.69. The van der Waals surface area contributed by atoms with Crippen LogP contribution in [0.4, 0.5) is 0 Å². The van der Waals surface area contributed by atoms with Crippen molar-refractivity contribution in [2.75, 3.05) is 0 Å². The molecule has 0 atom stereocenters. The maximum absolute atomic E-state index is 4.29. The minimum atomic E-state index is 0.998. The van der Waals surface area contributed by atoms with E-state index in [9.17, 15) is 0 Å². The second-order valence-corrected chi connectivity index (χ2v) is 17.6. The summed E-state index contributed by atoms with van der Waals surface area (Å²) in [6.45, 7) is 70.3. The molecule has 9 heterocycles. The van der Waals surface area contributed by atoms with Gasteiger partial charge in [-0.2, -0.15) is 0 Å². The molecule has 0 aliphatic rings. The van der Waals surface area contributed by atoms with Crippen molar-refractivity contribution in [2.45, 2.75) is 242 Å². The molecular formula is C85H160N15+5. The highest BCUT2D eigenvalue weighted by Crippen LogP contribution is 2.21. The molecule has 15 nitrogen and oxygen atoms in total. The molecule has 0 saturated carbocycles. The van der Waals surface area contributed by atoms with Crippen LogP contribution in [0.1, 0.15) is 236 Å². The highest BCUT2D eigenvalue weighted by molar-refractivity contribution is 5.59. The summed E-state index contributed by atoms with van der Waals surface area (Å²) in [6.07, 6.45) is 33.1. The van der Waals surface area contributed by atoms with Crippen LogP contribution in [-0.2, 0) is 70.5 Å². The van der Waals surface area contributed by atoms with E-state index < -0.39 is 0 Å². The fourth-order valence-corrected chi connectivity index (χ4v) is 8.43. The van der Waals surface area contributed by atoms with E-state index in [1.54, 1.807) is 6.33 Å². The first-order valence-corrected chi connectivity index (χ1v) is 38.1. The topological polar surface area (TPSA) is 108 Å². The Balaban J connectivity index is -0.000000115. The summed E-state index contributed by atoms with van der Waals surface area (Å²) < 4.78 is 21.0. The van der Waals surface area contributed by atoms with Crippen LogP contribution in [0.2, 0.25) is 0 Å². The summed E-state index contributed by atoms with van der Waals surface area (Å²) in [5, 5.41) is 0. The molecule has 0 radical (unpaired) electrons. The molecule has 9 aromatic heterocycles. The molecule has 10 aromatic rings. The van der Waals surface area contributed by atoms with Crippen LogP contribution in [0.5, 0.6) is 0 Å². The Bertz CT molecular complexity index is 2710. The van der Waals surface area contributed by atoms with Gasteiger partial charge in [0, 0.05) is 37.2 Å². The van der Waals surface area contributed by atoms with Crippen LogP contribution < -0.4 is 22.8 Å². The van der Waals surface area contributed by atoms with Crippen LogP contribution in [0.3, 0.4) is 0 Å². The summed E-state index contributed by atoms with van der Waals surface area (Å²) in [4.78, 5) is 20.8. The Morgan fingerprint density at radius 2 is 0.520 bits per heavy atom. The van der Waals surface area contributed by atoms with E-state index >= 15 is 0 Å². The van der Waals surface area contributed by atoms with Gasteiger partial charge in [-0.15, -0.1) is 0 Å². The zero-order valence-electron chi connectivity index (χ0n) is 73.6. The molecule has 0 amide bonds. The Labute approximate surface area is 619 Å². The van der Waals surface area contributed by atoms with Crippen molar-refractivity contribution in [3.8, 4) is 56.9 Å². The highest BCUT2D eigenvalue weighted by atomic mass is 15.1. The number of pyridine rings is 3. The zero-order chi connectivity index (χ0) is 80.6. The van der Waals surface area contributed by atoms with Crippen molar-refractivity contribution in [1.82, 2.24) is 47.8 Å². The van der Waals surface area contributed by atoms with Crippen LogP contribution in [0, 0.1) is 34.6 Å². The molecule has 15 heteroatoms. The van der Waals surface area contributed by atoms with Gasteiger partial charge in [0.25, 0.3) is 29.1 Å². The molecule has 0 saturated heterocycles. The number of imidazole rings is 5. The van der Waals surface area contributed by atoms with Gasteiger partial charge in [-0.3, -0.25) is 15.0 Å². The van der Waals surface area contributed by atoms with Gasteiger partial charge in [-0.05, 0) is 81.6 Å². The summed E-state index contributed by atoms with van der Waals surface area (Å²) in [7, 11) is 20.4. The SMILES string of the molecule is CC.CC.CC.CC.CC.CC.CC.CC.CC.CC.CC.CC.CC.CC.CC.Cc1ccccc1-c1n(C)cc[n+]1C.Cc1ccncc1-c1n(C)cc[n+]1C.Cc1cnccc1-c1n(C)cc[n+]1C.Cc1ncccc1-c1n(C)cc[n+]1C.Cc1ncncc1-c1n(C)cc[n+]1C. The third-order valence-electron chi connectivity index (χ3n) is 12.2. The van der Waals surface area contributed by atoms with Gasteiger partial charge in [-0.1, -0.05) is 226 Å². The molecule has 0 aliphatic carbocycles. The lowest BCUT2D eigenvalue weighted by atomic mass is 10.1. The number of rotatable bonds is 5. The molecule has 1 aromatic carbocycles. The van der Waals surface area contributed by atoms with Gasteiger partial charge in [0.1, 0.15) is 73.9 Å². The molecule has 0 unspecified atom stereocenters. The molecule has 100 heavy (non-hydrogen) atoms. The van der Waals surface area contributed by atoms with Gasteiger partial charge in [-0.25, -0.2) is 55.6 Å². The Kier molecular flexibility index (Phi) is 88.4. The predicted octanol–water partition coefficient (Wildman–Crippen LogP) is 21.5. The largest absolute Gasteiger partial charge is 0.291 e. The molecule has 0 bridgehead atoms. The van der Waals surface area contributed by atoms with E-state index in [4.69, 9.17) is 0 Å². The minimum absolute atomic E-state index is 0.998. The molecular weight excluding hydrogens is 1230 g/mol. The maximum Gasteiger partial charge on any atom is 0.291 e. The second kappa shape index (κ2) is 78.1. The smallest absolute Gasteiger partial charge is 0.264 e. The van der Waals surface area contributed by atoms with E-state index in [0.717, 1.165) is 22.8 Å². The zero-order valence-corrected chi connectivity index (χ0v) is 73.6. The first kappa shape index (κ1) is 113.